The number of nitrogens with two attached hydrogens (primary N) is 1. The maximum absolute atomic E-state index is 13.3. The number of fused-ring (bicyclic) bond motifs is 1. The maximum Gasteiger partial charge on any atom is 0.433 e. The highest BCUT2D eigenvalue weighted by atomic mass is 19.4. The van der Waals surface area contributed by atoms with Gasteiger partial charge in [0.25, 0.3) is 0 Å². The molecule has 2 heterocycles. The Morgan fingerprint density at radius 2 is 2.00 bits per heavy atom. The number of aromatic amines is 1. The number of nitrogens with one attached hydrogen (secondary N) is 1. The molecule has 2 aromatic heterocycles. The second kappa shape index (κ2) is 5.29. The molecule has 0 atom stereocenters. The zero-order chi connectivity index (χ0) is 17.8. The number of nitrogens with zero attached hydrogens (tertiary/aromatic N) is 2. The van der Waals surface area contributed by atoms with E-state index in [2.05, 4.69) is 21.2 Å². The molecule has 0 bridgehead atoms. The Kier molecular flexibility index (Phi) is 3.40. The molecule has 130 valence electrons. The summed E-state index contributed by atoms with van der Waals surface area (Å²) in [7, 11) is 0. The van der Waals surface area contributed by atoms with E-state index in [-0.39, 0.29) is 16.4 Å². The summed E-state index contributed by atoms with van der Waals surface area (Å²) in [5.74, 6) is 0. The number of aromatic nitrogens is 3. The fourth-order valence-electron chi connectivity index (χ4n) is 3.40. The summed E-state index contributed by atoms with van der Waals surface area (Å²) in [6.07, 6.45) is -1.01. The van der Waals surface area contributed by atoms with Crippen molar-refractivity contribution in [1.82, 2.24) is 15.2 Å². The monoisotopic (exact) mass is 346 g/mol. The van der Waals surface area contributed by atoms with Gasteiger partial charge in [-0.3, -0.25) is 5.10 Å². The van der Waals surface area contributed by atoms with Crippen LogP contribution in [0.1, 0.15) is 29.7 Å². The number of alkyl halides is 3. The van der Waals surface area contributed by atoms with Crippen molar-refractivity contribution in [2.24, 2.45) is 5.73 Å². The van der Waals surface area contributed by atoms with Gasteiger partial charge in [0.1, 0.15) is 5.69 Å². The van der Waals surface area contributed by atoms with Crippen LogP contribution in [0.15, 0.2) is 30.5 Å². The first-order chi connectivity index (χ1) is 11.8. The molecule has 1 aromatic carbocycles. The lowest BCUT2D eigenvalue weighted by molar-refractivity contribution is -0.139. The third-order valence-electron chi connectivity index (χ3n) is 4.98. The highest BCUT2D eigenvalue weighted by Crippen LogP contribution is 2.48. The number of benzene rings is 1. The van der Waals surface area contributed by atoms with Gasteiger partial charge in [0.15, 0.2) is 5.65 Å². The van der Waals surface area contributed by atoms with E-state index in [1.807, 2.05) is 19.1 Å². The predicted octanol–water partition coefficient (Wildman–Crippen LogP) is 3.94. The number of rotatable bonds is 3. The fourth-order valence-corrected chi connectivity index (χ4v) is 3.40. The molecule has 3 aromatic rings. The Hall–Kier alpha value is -2.41. The van der Waals surface area contributed by atoms with E-state index in [0.717, 1.165) is 29.5 Å². The van der Waals surface area contributed by atoms with Gasteiger partial charge in [-0.1, -0.05) is 23.8 Å². The Morgan fingerprint density at radius 3 is 2.64 bits per heavy atom. The van der Waals surface area contributed by atoms with Gasteiger partial charge in [-0.25, -0.2) is 4.98 Å². The van der Waals surface area contributed by atoms with E-state index in [1.165, 1.54) is 6.20 Å². The molecule has 3 N–H and O–H groups in total. The average Bonchev–Trinajstić information content (AvgIpc) is 3.24. The van der Waals surface area contributed by atoms with Crippen molar-refractivity contribution in [3.8, 4) is 11.1 Å². The summed E-state index contributed by atoms with van der Waals surface area (Å²) in [5, 5.41) is 5.81. The standard InChI is InChI=1S/C18H17F3N4/c1-10-6-11(8-12(7-10)17(9-22)3-4-17)13-2-5-23-16-14(13)15(24-25-16)18(19,20)21/h2,5-8H,3-4,9,22H2,1H3,(H,23,24,25). The molecule has 0 unspecified atom stereocenters. The summed E-state index contributed by atoms with van der Waals surface area (Å²) in [5.41, 5.74) is 8.38. The Balaban J connectivity index is 1.95. The molecule has 0 spiro atoms. The second-order valence-corrected chi connectivity index (χ2v) is 6.73. The Morgan fingerprint density at radius 1 is 1.24 bits per heavy atom. The van der Waals surface area contributed by atoms with Gasteiger partial charge < -0.3 is 5.73 Å². The van der Waals surface area contributed by atoms with Crippen LogP contribution in [0.4, 0.5) is 13.2 Å². The number of hydrogen-bond donors (Lipinski definition) is 2. The minimum Gasteiger partial charge on any atom is -0.330 e. The first-order valence-corrected chi connectivity index (χ1v) is 8.07. The van der Waals surface area contributed by atoms with Crippen LogP contribution in [0.3, 0.4) is 0 Å². The van der Waals surface area contributed by atoms with Crippen molar-refractivity contribution in [2.75, 3.05) is 6.54 Å². The van der Waals surface area contributed by atoms with Gasteiger partial charge in [0.05, 0.1) is 5.39 Å². The third-order valence-corrected chi connectivity index (χ3v) is 4.98. The molecule has 0 radical (unpaired) electrons. The van der Waals surface area contributed by atoms with Crippen molar-refractivity contribution in [3.63, 3.8) is 0 Å². The highest BCUT2D eigenvalue weighted by Gasteiger charge is 2.43. The van der Waals surface area contributed by atoms with Crippen LogP contribution in [0, 0.1) is 6.92 Å². The van der Waals surface area contributed by atoms with Crippen LogP contribution in [0.2, 0.25) is 0 Å². The topological polar surface area (TPSA) is 67.6 Å². The van der Waals surface area contributed by atoms with Gasteiger partial charge >= 0.3 is 6.18 Å². The summed E-state index contributed by atoms with van der Waals surface area (Å²) in [6, 6.07) is 7.52. The van der Waals surface area contributed by atoms with Gasteiger partial charge in [-0.2, -0.15) is 18.3 Å². The lowest BCUT2D eigenvalue weighted by Gasteiger charge is -2.16. The molecule has 0 amide bonds. The Bertz CT molecular complexity index is 955. The molecule has 4 nitrogen and oxygen atoms in total. The predicted molar refractivity (Wildman–Crippen MR) is 89.0 cm³/mol. The molecule has 1 saturated carbocycles. The number of hydrogen-bond acceptors (Lipinski definition) is 3. The zero-order valence-electron chi connectivity index (χ0n) is 13.6. The molecular formula is C18H17F3N4. The van der Waals surface area contributed by atoms with Crippen molar-refractivity contribution >= 4 is 11.0 Å². The number of halogens is 3. The lowest BCUT2D eigenvalue weighted by Crippen LogP contribution is -2.19. The molecule has 0 saturated heterocycles. The molecule has 4 rings (SSSR count). The third kappa shape index (κ3) is 2.59. The zero-order valence-corrected chi connectivity index (χ0v) is 13.6. The van der Waals surface area contributed by atoms with Crippen molar-refractivity contribution in [2.45, 2.75) is 31.4 Å². The summed E-state index contributed by atoms with van der Waals surface area (Å²) in [4.78, 5) is 3.96. The normalized spacial score (nSPS) is 16.4. The van der Waals surface area contributed by atoms with Gasteiger partial charge in [0, 0.05) is 18.2 Å². The first-order valence-electron chi connectivity index (χ1n) is 8.07. The van der Waals surface area contributed by atoms with Crippen LogP contribution in [0.25, 0.3) is 22.2 Å². The van der Waals surface area contributed by atoms with Crippen molar-refractivity contribution in [3.05, 3.63) is 47.3 Å². The smallest absolute Gasteiger partial charge is 0.330 e. The molecule has 25 heavy (non-hydrogen) atoms. The molecule has 1 fully saturated rings. The number of pyridine rings is 1. The van der Waals surface area contributed by atoms with E-state index >= 15 is 0 Å². The number of aryl methyl sites for hydroxylation is 1. The minimum atomic E-state index is -4.52. The SMILES string of the molecule is Cc1cc(-c2ccnc3n[nH]c(C(F)(F)F)c23)cc(C2(CN)CC2)c1. The Labute approximate surface area is 142 Å². The molecule has 1 aliphatic carbocycles. The molecule has 1 aliphatic rings. The minimum absolute atomic E-state index is 0.00384. The van der Waals surface area contributed by atoms with Crippen LogP contribution in [-0.4, -0.2) is 21.7 Å². The summed E-state index contributed by atoms with van der Waals surface area (Å²) < 4.78 is 40.0. The quantitative estimate of drug-likeness (QED) is 0.755. The van der Waals surface area contributed by atoms with E-state index in [0.29, 0.717) is 12.1 Å². The van der Waals surface area contributed by atoms with Crippen LogP contribution in [0.5, 0.6) is 0 Å². The van der Waals surface area contributed by atoms with E-state index in [9.17, 15) is 13.2 Å². The van der Waals surface area contributed by atoms with Gasteiger partial charge in [-0.15, -0.1) is 0 Å². The van der Waals surface area contributed by atoms with Crippen molar-refractivity contribution < 1.29 is 13.2 Å². The summed E-state index contributed by atoms with van der Waals surface area (Å²) in [6.45, 7) is 2.49. The molecular weight excluding hydrogens is 329 g/mol. The molecule has 7 heteroatoms. The van der Waals surface area contributed by atoms with Crippen LogP contribution < -0.4 is 5.73 Å². The van der Waals surface area contributed by atoms with E-state index < -0.39 is 11.9 Å². The second-order valence-electron chi connectivity index (χ2n) is 6.73. The maximum atomic E-state index is 13.3. The molecule has 0 aliphatic heterocycles. The summed E-state index contributed by atoms with van der Waals surface area (Å²) >= 11 is 0. The van der Waals surface area contributed by atoms with Crippen LogP contribution >= 0.6 is 0 Å². The van der Waals surface area contributed by atoms with E-state index in [1.54, 1.807) is 6.07 Å². The van der Waals surface area contributed by atoms with Gasteiger partial charge in [0.2, 0.25) is 0 Å². The largest absolute Gasteiger partial charge is 0.433 e. The van der Waals surface area contributed by atoms with Crippen molar-refractivity contribution in [1.29, 1.82) is 0 Å². The van der Waals surface area contributed by atoms with Gasteiger partial charge in [-0.05, 0) is 42.5 Å². The fraction of sp³-hybridized carbons (Fsp3) is 0.333. The average molecular weight is 346 g/mol. The van der Waals surface area contributed by atoms with Crippen LogP contribution in [-0.2, 0) is 11.6 Å². The number of H-pyrrole nitrogens is 1. The lowest BCUT2D eigenvalue weighted by atomic mass is 9.90. The highest BCUT2D eigenvalue weighted by molar-refractivity contribution is 5.95. The van der Waals surface area contributed by atoms with E-state index in [4.69, 9.17) is 5.73 Å². The first kappa shape index (κ1) is 16.1.